The lowest BCUT2D eigenvalue weighted by atomic mass is 10.0. The number of hydrogen-bond donors (Lipinski definition) is 1. The lowest BCUT2D eigenvalue weighted by Crippen LogP contribution is -2.10. The number of aliphatic carboxylic acids is 1. The summed E-state index contributed by atoms with van der Waals surface area (Å²) in [6.07, 6.45) is -2.63. The summed E-state index contributed by atoms with van der Waals surface area (Å²) >= 11 is 6.01. The molecule has 2 rings (SSSR count). The van der Waals surface area contributed by atoms with E-state index < -0.39 is 27.5 Å². The zero-order valence-corrected chi connectivity index (χ0v) is 17.6. The van der Waals surface area contributed by atoms with Gasteiger partial charge in [-0.15, -0.1) is 0 Å². The third-order valence-electron chi connectivity index (χ3n) is 3.72. The molecule has 0 atom stereocenters. The Morgan fingerprint density at radius 2 is 1.80 bits per heavy atom. The zero-order valence-electron chi connectivity index (χ0n) is 16.0. The molecule has 0 aliphatic rings. The maximum Gasteiger partial charge on any atom is 0.416 e. The predicted octanol–water partition coefficient (Wildman–Crippen LogP) is 4.54. The number of carbonyl (C=O) groups is 1. The van der Waals surface area contributed by atoms with Crippen molar-refractivity contribution in [2.75, 3.05) is 20.4 Å². The summed E-state index contributed by atoms with van der Waals surface area (Å²) in [5.41, 5.74) is -1.73. The van der Waals surface area contributed by atoms with Gasteiger partial charge < -0.3 is 14.7 Å². The van der Waals surface area contributed by atoms with Crippen molar-refractivity contribution in [2.45, 2.75) is 11.1 Å². The Morgan fingerprint density at radius 3 is 2.27 bits per heavy atom. The highest BCUT2D eigenvalue weighted by atomic mass is 35.5. The fourth-order valence-electron chi connectivity index (χ4n) is 2.41. The fraction of sp³-hybridized carbons (Fsp3) is 0.211. The van der Waals surface area contributed by atoms with Gasteiger partial charge in [0.05, 0.1) is 21.1 Å². The van der Waals surface area contributed by atoms with E-state index in [0.717, 1.165) is 24.6 Å². The summed E-state index contributed by atoms with van der Waals surface area (Å²) in [5, 5.41) is 9.27. The molecule has 0 amide bonds. The maximum absolute atomic E-state index is 13.4. The molecule has 0 aliphatic heterocycles. The Morgan fingerprint density at radius 1 is 1.17 bits per heavy atom. The van der Waals surface area contributed by atoms with Crippen molar-refractivity contribution in [3.8, 4) is 11.5 Å². The van der Waals surface area contributed by atoms with E-state index in [1.165, 1.54) is 31.1 Å². The standard InChI is InChI=1S/C19H17ClF3NO5S/c1-24(2)10-15(18(25)26)11-6-12(19(21,22)23)8-13(7-11)29-17-5-4-14(9-16(17)20)30(3,27)28/h4-10H,1-3H3,(H,25,26). The molecule has 1 N–H and O–H groups in total. The van der Waals surface area contributed by atoms with Crippen LogP contribution in [0.4, 0.5) is 13.2 Å². The van der Waals surface area contributed by atoms with Gasteiger partial charge in [0.15, 0.2) is 9.84 Å². The minimum Gasteiger partial charge on any atom is -0.478 e. The quantitative estimate of drug-likeness (QED) is 0.633. The zero-order chi connectivity index (χ0) is 22.9. The van der Waals surface area contributed by atoms with Crippen LogP contribution >= 0.6 is 11.6 Å². The van der Waals surface area contributed by atoms with Gasteiger partial charge in [-0.25, -0.2) is 13.2 Å². The molecule has 0 aliphatic carbocycles. The molecule has 0 saturated heterocycles. The second-order valence-electron chi connectivity index (χ2n) is 6.52. The first-order valence-corrected chi connectivity index (χ1v) is 10.5. The van der Waals surface area contributed by atoms with Crippen LogP contribution in [0.3, 0.4) is 0 Å². The number of ether oxygens (including phenoxy) is 1. The third kappa shape index (κ3) is 5.90. The van der Waals surface area contributed by atoms with Gasteiger partial charge in [0.1, 0.15) is 11.5 Å². The molecule has 2 aromatic carbocycles. The molecule has 162 valence electrons. The Bertz CT molecular complexity index is 1110. The van der Waals surface area contributed by atoms with Crippen molar-refractivity contribution in [1.82, 2.24) is 4.90 Å². The number of hydrogen-bond acceptors (Lipinski definition) is 5. The van der Waals surface area contributed by atoms with E-state index in [1.54, 1.807) is 0 Å². The Balaban J connectivity index is 2.59. The first kappa shape index (κ1) is 23.6. The second kappa shape index (κ2) is 8.57. The average molecular weight is 464 g/mol. The van der Waals surface area contributed by atoms with Crippen LogP contribution in [0.1, 0.15) is 11.1 Å². The normalized spacial score (nSPS) is 12.6. The molecular weight excluding hydrogens is 447 g/mol. The molecule has 11 heteroatoms. The third-order valence-corrected chi connectivity index (χ3v) is 5.13. The highest BCUT2D eigenvalue weighted by Gasteiger charge is 2.32. The lowest BCUT2D eigenvalue weighted by Gasteiger charge is -2.15. The Labute approximate surface area is 176 Å². The first-order chi connectivity index (χ1) is 13.7. The molecule has 30 heavy (non-hydrogen) atoms. The Hall–Kier alpha value is -2.72. The number of rotatable bonds is 6. The molecule has 0 saturated carbocycles. The van der Waals surface area contributed by atoms with E-state index in [1.807, 2.05) is 0 Å². The van der Waals surface area contributed by atoms with Crippen LogP contribution in [0.5, 0.6) is 11.5 Å². The van der Waals surface area contributed by atoms with Crippen molar-refractivity contribution in [1.29, 1.82) is 0 Å². The van der Waals surface area contributed by atoms with Gasteiger partial charge in [0.2, 0.25) is 0 Å². The second-order valence-corrected chi connectivity index (χ2v) is 8.94. The summed E-state index contributed by atoms with van der Waals surface area (Å²) in [4.78, 5) is 12.8. The van der Waals surface area contributed by atoms with E-state index in [0.29, 0.717) is 12.1 Å². The molecule has 2 aromatic rings. The molecule has 0 fully saturated rings. The van der Waals surface area contributed by atoms with Gasteiger partial charge in [0, 0.05) is 26.6 Å². The van der Waals surface area contributed by atoms with Gasteiger partial charge in [-0.2, -0.15) is 13.2 Å². The number of carboxylic acid groups (broad SMARTS) is 1. The van der Waals surface area contributed by atoms with Crippen molar-refractivity contribution >= 4 is 33.0 Å². The van der Waals surface area contributed by atoms with Crippen LogP contribution in [0, 0.1) is 0 Å². The number of alkyl halides is 3. The summed E-state index contributed by atoms with van der Waals surface area (Å²) in [5.74, 6) is -1.84. The van der Waals surface area contributed by atoms with Crippen LogP contribution in [0.15, 0.2) is 47.5 Å². The minimum absolute atomic E-state index is 0.0911. The maximum atomic E-state index is 13.4. The molecular formula is C19H17ClF3NO5S. The molecule has 0 aromatic heterocycles. The molecule has 0 bridgehead atoms. The molecule has 0 unspecified atom stereocenters. The minimum atomic E-state index is -4.76. The number of halogens is 4. The SMILES string of the molecule is CN(C)C=C(C(=O)O)c1cc(Oc2ccc(S(C)(=O)=O)cc2Cl)cc(C(F)(F)F)c1. The predicted molar refractivity (Wildman–Crippen MR) is 105 cm³/mol. The lowest BCUT2D eigenvalue weighted by molar-refractivity contribution is -0.137. The van der Waals surface area contributed by atoms with Gasteiger partial charge in [-0.3, -0.25) is 0 Å². The first-order valence-electron chi connectivity index (χ1n) is 8.20. The van der Waals surface area contributed by atoms with Crippen LogP contribution in [-0.2, 0) is 20.8 Å². The van der Waals surface area contributed by atoms with Crippen molar-refractivity contribution in [2.24, 2.45) is 0 Å². The van der Waals surface area contributed by atoms with Gasteiger partial charge >= 0.3 is 12.1 Å². The van der Waals surface area contributed by atoms with E-state index in [4.69, 9.17) is 16.3 Å². The topological polar surface area (TPSA) is 83.9 Å². The van der Waals surface area contributed by atoms with Gasteiger partial charge in [0.25, 0.3) is 0 Å². The summed E-state index contributed by atoms with van der Waals surface area (Å²) in [6, 6.07) is 6.02. The van der Waals surface area contributed by atoms with Gasteiger partial charge in [-0.05, 0) is 42.0 Å². The molecule has 0 spiro atoms. The number of sulfone groups is 1. The van der Waals surface area contributed by atoms with Crippen molar-refractivity contribution < 1.29 is 36.2 Å². The van der Waals surface area contributed by atoms with E-state index in [-0.39, 0.29) is 32.6 Å². The molecule has 6 nitrogen and oxygen atoms in total. The largest absolute Gasteiger partial charge is 0.478 e. The Kier molecular flexibility index (Phi) is 6.73. The van der Waals surface area contributed by atoms with E-state index in [2.05, 4.69) is 0 Å². The molecule has 0 heterocycles. The average Bonchev–Trinajstić information content (AvgIpc) is 2.59. The highest BCUT2D eigenvalue weighted by Crippen LogP contribution is 2.37. The van der Waals surface area contributed by atoms with Crippen LogP contribution in [0.2, 0.25) is 5.02 Å². The van der Waals surface area contributed by atoms with Crippen molar-refractivity contribution in [3.05, 3.63) is 58.7 Å². The van der Waals surface area contributed by atoms with Crippen LogP contribution in [-0.4, -0.2) is 44.7 Å². The van der Waals surface area contributed by atoms with E-state index in [9.17, 15) is 31.5 Å². The fourth-order valence-corrected chi connectivity index (χ4v) is 3.34. The van der Waals surface area contributed by atoms with Crippen LogP contribution < -0.4 is 4.74 Å². The monoisotopic (exact) mass is 463 g/mol. The smallest absolute Gasteiger partial charge is 0.416 e. The van der Waals surface area contributed by atoms with Crippen LogP contribution in [0.25, 0.3) is 5.57 Å². The summed E-state index contributed by atoms with van der Waals surface area (Å²) in [6.45, 7) is 0. The van der Waals surface area contributed by atoms with Crippen molar-refractivity contribution in [3.63, 3.8) is 0 Å². The van der Waals surface area contributed by atoms with E-state index >= 15 is 0 Å². The molecule has 0 radical (unpaired) electrons. The number of carboxylic acids is 1. The number of nitrogens with zero attached hydrogens (tertiary/aromatic N) is 1. The highest BCUT2D eigenvalue weighted by molar-refractivity contribution is 7.90. The summed E-state index contributed by atoms with van der Waals surface area (Å²) in [7, 11) is -0.496. The summed E-state index contributed by atoms with van der Waals surface area (Å²) < 4.78 is 68.7. The number of benzene rings is 2. The van der Waals surface area contributed by atoms with Gasteiger partial charge in [-0.1, -0.05) is 11.6 Å².